The number of aliphatic imine (C=N–C) groups is 1. The number of nitrogens with zero attached hydrogens (tertiary/aromatic N) is 2. The van der Waals surface area contributed by atoms with E-state index in [0.717, 1.165) is 22.5 Å². The number of aryl methyl sites for hydroxylation is 2. The third-order valence-corrected chi connectivity index (χ3v) is 5.56. The van der Waals surface area contributed by atoms with Gasteiger partial charge >= 0.3 is 5.97 Å². The Kier molecular flexibility index (Phi) is 4.95. The van der Waals surface area contributed by atoms with Gasteiger partial charge in [-0.15, -0.1) is 0 Å². The summed E-state index contributed by atoms with van der Waals surface area (Å²) in [4.78, 5) is 41.5. The summed E-state index contributed by atoms with van der Waals surface area (Å²) >= 11 is 0. The first-order chi connectivity index (χ1) is 14.4. The number of nitrogens with one attached hydrogen (secondary N) is 1. The number of amides is 1. The van der Waals surface area contributed by atoms with Crippen LogP contribution in [0.3, 0.4) is 0 Å². The minimum Gasteiger partial charge on any atom is -0.481 e. The molecule has 1 unspecified atom stereocenters. The molecule has 2 aromatic rings. The Balaban J connectivity index is 1.88. The Morgan fingerprint density at radius 1 is 1.23 bits per heavy atom. The van der Waals surface area contributed by atoms with Crippen molar-refractivity contribution in [2.75, 3.05) is 10.2 Å². The molecular formula is C23H21N3O4. The molecule has 0 aliphatic carbocycles. The first kappa shape index (κ1) is 19.6. The molecule has 0 radical (unpaired) electrons. The number of carboxylic acid groups (broad SMARTS) is 1. The first-order valence-electron chi connectivity index (χ1n) is 9.59. The molecule has 7 heteroatoms. The largest absolute Gasteiger partial charge is 0.481 e. The number of Topliss-reactive ketones (excluding diaryl/α,β-unsaturated/α-hetero) is 1. The molecule has 1 amide bonds. The summed E-state index contributed by atoms with van der Waals surface area (Å²) in [6.07, 6.45) is 3.19. The van der Waals surface area contributed by atoms with Crippen molar-refractivity contribution in [1.82, 2.24) is 0 Å². The molecule has 7 nitrogen and oxygen atoms in total. The number of aliphatic carboxylic acids is 1. The van der Waals surface area contributed by atoms with Crippen LogP contribution in [0, 0.1) is 13.8 Å². The fourth-order valence-corrected chi connectivity index (χ4v) is 4.23. The number of hydrogen-bond acceptors (Lipinski definition) is 5. The van der Waals surface area contributed by atoms with Crippen LogP contribution in [-0.4, -0.2) is 29.5 Å². The van der Waals surface area contributed by atoms with Gasteiger partial charge in [0.25, 0.3) is 0 Å². The van der Waals surface area contributed by atoms with Gasteiger partial charge in [-0.1, -0.05) is 29.8 Å². The highest BCUT2D eigenvalue weighted by Crippen LogP contribution is 2.50. The average Bonchev–Trinajstić information content (AvgIpc) is 3.00. The molecule has 0 spiro atoms. The lowest BCUT2D eigenvalue weighted by atomic mass is 9.90. The van der Waals surface area contributed by atoms with Gasteiger partial charge in [0.05, 0.1) is 29.9 Å². The summed E-state index contributed by atoms with van der Waals surface area (Å²) in [6, 6.07) is 9.73. The van der Waals surface area contributed by atoms with Crippen molar-refractivity contribution in [2.45, 2.75) is 32.7 Å². The zero-order chi connectivity index (χ0) is 21.4. The van der Waals surface area contributed by atoms with Crippen LogP contribution in [-0.2, 0) is 27.3 Å². The number of carbonyl (C=O) groups excluding carboxylic acids is 2. The molecule has 30 heavy (non-hydrogen) atoms. The molecule has 152 valence electrons. The van der Waals surface area contributed by atoms with Gasteiger partial charge in [-0.25, -0.2) is 0 Å². The molecule has 0 saturated heterocycles. The van der Waals surface area contributed by atoms with Gasteiger partial charge in [-0.05, 0) is 36.6 Å². The molecule has 4 rings (SSSR count). The van der Waals surface area contributed by atoms with Crippen LogP contribution in [0.15, 0.2) is 47.2 Å². The van der Waals surface area contributed by atoms with E-state index in [1.54, 1.807) is 12.3 Å². The van der Waals surface area contributed by atoms with E-state index in [1.807, 2.05) is 30.9 Å². The van der Waals surface area contributed by atoms with Crippen LogP contribution in [0.1, 0.15) is 33.7 Å². The first-order valence-corrected chi connectivity index (χ1v) is 9.59. The van der Waals surface area contributed by atoms with Gasteiger partial charge in [0, 0.05) is 24.0 Å². The molecule has 0 saturated carbocycles. The van der Waals surface area contributed by atoms with Gasteiger partial charge in [0.15, 0.2) is 5.78 Å². The molecule has 0 fully saturated rings. The highest BCUT2D eigenvalue weighted by atomic mass is 16.4. The number of carboxylic acids is 1. The topological polar surface area (TPSA) is 99.1 Å². The van der Waals surface area contributed by atoms with E-state index in [1.165, 1.54) is 11.8 Å². The van der Waals surface area contributed by atoms with Crippen LogP contribution in [0.2, 0.25) is 0 Å². The molecule has 2 aliphatic heterocycles. The standard InChI is InChI=1S/C23H21N3O4/c1-13-3-4-16(14(2)7-13)11-26-17-6-5-15(8-20(29)30)23(25-12-27)22(17)21-18(26)9-24-10-19(21)28/h3-7,9-10,12,21H,8,11H2,1-2H3,(H,25,27)(H,29,30). The number of hydrogen-bond donors (Lipinski definition) is 2. The van der Waals surface area contributed by atoms with Crippen LogP contribution in [0.25, 0.3) is 0 Å². The Morgan fingerprint density at radius 3 is 2.70 bits per heavy atom. The Morgan fingerprint density at radius 2 is 2.00 bits per heavy atom. The zero-order valence-corrected chi connectivity index (χ0v) is 16.7. The zero-order valence-electron chi connectivity index (χ0n) is 16.7. The van der Waals surface area contributed by atoms with E-state index in [4.69, 9.17) is 0 Å². The minimum absolute atomic E-state index is 0.196. The number of anilines is 2. The molecule has 0 aromatic heterocycles. The second kappa shape index (κ2) is 7.59. The third kappa shape index (κ3) is 3.28. The Bertz CT molecular complexity index is 1130. The van der Waals surface area contributed by atoms with Crippen LogP contribution in [0.4, 0.5) is 11.4 Å². The number of ketones is 1. The highest BCUT2D eigenvalue weighted by molar-refractivity contribution is 6.33. The van der Waals surface area contributed by atoms with Crippen molar-refractivity contribution in [3.63, 3.8) is 0 Å². The lowest BCUT2D eigenvalue weighted by Gasteiger charge is -2.24. The van der Waals surface area contributed by atoms with Crippen molar-refractivity contribution in [3.05, 3.63) is 70.0 Å². The van der Waals surface area contributed by atoms with Crippen molar-refractivity contribution in [2.24, 2.45) is 4.99 Å². The van der Waals surface area contributed by atoms with Gasteiger partial charge in [0.2, 0.25) is 6.41 Å². The van der Waals surface area contributed by atoms with E-state index < -0.39 is 11.9 Å². The number of allylic oxidation sites excluding steroid dienone is 1. The monoisotopic (exact) mass is 403 g/mol. The Hall–Kier alpha value is -3.74. The van der Waals surface area contributed by atoms with E-state index in [9.17, 15) is 19.5 Å². The van der Waals surface area contributed by atoms with Crippen LogP contribution >= 0.6 is 0 Å². The van der Waals surface area contributed by atoms with Crippen molar-refractivity contribution in [1.29, 1.82) is 0 Å². The SMILES string of the molecule is Cc1ccc(CN2C3=CN=CC(=O)C3c3c2ccc(CC(=O)O)c3NC=O)c(C)c1. The number of benzene rings is 2. The number of carbonyl (C=O) groups is 3. The van der Waals surface area contributed by atoms with Crippen LogP contribution < -0.4 is 10.2 Å². The maximum atomic E-state index is 12.8. The summed E-state index contributed by atoms with van der Waals surface area (Å²) in [7, 11) is 0. The van der Waals surface area contributed by atoms with E-state index in [0.29, 0.717) is 29.8 Å². The summed E-state index contributed by atoms with van der Waals surface area (Å²) in [5.74, 6) is -1.83. The molecule has 0 bridgehead atoms. The average molecular weight is 403 g/mol. The minimum atomic E-state index is -1.01. The lowest BCUT2D eigenvalue weighted by Crippen LogP contribution is -2.25. The van der Waals surface area contributed by atoms with Crippen molar-refractivity contribution < 1.29 is 19.5 Å². The van der Waals surface area contributed by atoms with Gasteiger partial charge < -0.3 is 15.3 Å². The molecule has 2 N–H and O–H groups in total. The second-order valence-corrected chi connectivity index (χ2v) is 7.55. The summed E-state index contributed by atoms with van der Waals surface area (Å²) < 4.78 is 0. The second-order valence-electron chi connectivity index (χ2n) is 7.55. The van der Waals surface area contributed by atoms with E-state index in [2.05, 4.69) is 22.4 Å². The van der Waals surface area contributed by atoms with Crippen molar-refractivity contribution >= 4 is 35.8 Å². The van der Waals surface area contributed by atoms with Gasteiger partial charge in [0.1, 0.15) is 0 Å². The molecule has 1 atom stereocenters. The van der Waals surface area contributed by atoms with Crippen LogP contribution in [0.5, 0.6) is 0 Å². The number of fused-ring (bicyclic) bond motifs is 3. The molecule has 2 aromatic carbocycles. The smallest absolute Gasteiger partial charge is 0.307 e. The molecule has 2 aliphatic rings. The quantitative estimate of drug-likeness (QED) is 0.722. The lowest BCUT2D eigenvalue weighted by molar-refractivity contribution is -0.136. The van der Waals surface area contributed by atoms with Crippen molar-refractivity contribution in [3.8, 4) is 0 Å². The summed E-state index contributed by atoms with van der Waals surface area (Å²) in [6.45, 7) is 4.62. The maximum absolute atomic E-state index is 12.8. The molecular weight excluding hydrogens is 382 g/mol. The predicted octanol–water partition coefficient (Wildman–Crippen LogP) is 3.10. The fraction of sp³-hybridized carbons (Fsp3) is 0.217. The molecule has 2 heterocycles. The normalized spacial score (nSPS) is 16.7. The third-order valence-electron chi connectivity index (χ3n) is 5.56. The number of rotatable bonds is 6. The highest BCUT2D eigenvalue weighted by Gasteiger charge is 2.41. The predicted molar refractivity (Wildman–Crippen MR) is 114 cm³/mol. The van der Waals surface area contributed by atoms with Gasteiger partial charge in [-0.2, -0.15) is 0 Å². The van der Waals surface area contributed by atoms with E-state index in [-0.39, 0.29) is 12.2 Å². The fourth-order valence-electron chi connectivity index (χ4n) is 4.23. The summed E-state index contributed by atoms with van der Waals surface area (Å²) in [5.41, 5.74) is 6.36. The van der Waals surface area contributed by atoms with E-state index >= 15 is 0 Å². The Labute approximate surface area is 173 Å². The summed E-state index contributed by atoms with van der Waals surface area (Å²) in [5, 5.41) is 11.9. The maximum Gasteiger partial charge on any atom is 0.307 e. The van der Waals surface area contributed by atoms with Gasteiger partial charge in [-0.3, -0.25) is 19.4 Å².